The van der Waals surface area contributed by atoms with E-state index in [2.05, 4.69) is 17.2 Å². The first kappa shape index (κ1) is 20.4. The normalized spacial score (nSPS) is 10.4. The Morgan fingerprint density at radius 1 is 1.11 bits per heavy atom. The summed E-state index contributed by atoms with van der Waals surface area (Å²) in [7, 11) is 0. The van der Waals surface area contributed by atoms with Gasteiger partial charge in [0.15, 0.2) is 0 Å². The third kappa shape index (κ3) is 6.40. The maximum Gasteiger partial charge on any atom is 0.337 e. The Morgan fingerprint density at radius 3 is 2.56 bits per heavy atom. The average Bonchev–Trinajstić information content (AvgIpc) is 2.66. The summed E-state index contributed by atoms with van der Waals surface area (Å²) in [5.74, 6) is -1.03. The number of aromatic carboxylic acids is 1. The van der Waals surface area contributed by atoms with Gasteiger partial charge in [-0.3, -0.25) is 4.79 Å². The number of carbonyl (C=O) groups is 2. The van der Waals surface area contributed by atoms with Gasteiger partial charge >= 0.3 is 5.97 Å². The molecule has 0 aliphatic heterocycles. The number of carbonyl (C=O) groups excluding carboxylic acids is 1. The summed E-state index contributed by atoms with van der Waals surface area (Å²) in [5.41, 5.74) is 1.45. The lowest BCUT2D eigenvalue weighted by Gasteiger charge is -2.10. The lowest BCUT2D eigenvalue weighted by Crippen LogP contribution is -2.15. The van der Waals surface area contributed by atoms with Crippen LogP contribution in [0.1, 0.15) is 65.3 Å². The van der Waals surface area contributed by atoms with Crippen LogP contribution in [-0.4, -0.2) is 28.6 Å². The smallest absolute Gasteiger partial charge is 0.337 e. The van der Waals surface area contributed by atoms with E-state index in [9.17, 15) is 14.7 Å². The summed E-state index contributed by atoms with van der Waals surface area (Å²) in [6, 6.07) is 8.11. The molecule has 2 N–H and O–H groups in total. The number of carboxylic acids is 1. The van der Waals surface area contributed by atoms with Gasteiger partial charge in [-0.05, 0) is 31.5 Å². The molecular weight excluding hydrogens is 344 g/mol. The van der Waals surface area contributed by atoms with Crippen LogP contribution < -0.4 is 10.1 Å². The van der Waals surface area contributed by atoms with Gasteiger partial charge in [0, 0.05) is 12.3 Å². The maximum atomic E-state index is 12.4. The molecule has 0 aliphatic carbocycles. The van der Waals surface area contributed by atoms with Crippen molar-refractivity contribution >= 4 is 17.6 Å². The third-order valence-corrected chi connectivity index (χ3v) is 4.15. The zero-order valence-electron chi connectivity index (χ0n) is 15.8. The highest BCUT2D eigenvalue weighted by Crippen LogP contribution is 2.19. The van der Waals surface area contributed by atoms with Crippen LogP contribution in [0.4, 0.5) is 5.69 Å². The van der Waals surface area contributed by atoms with Crippen molar-refractivity contribution in [3.8, 4) is 5.88 Å². The zero-order valence-corrected chi connectivity index (χ0v) is 15.8. The summed E-state index contributed by atoms with van der Waals surface area (Å²) in [5, 5.41) is 11.9. The number of carboxylic acid groups (broad SMARTS) is 1. The molecule has 1 aromatic carbocycles. The minimum absolute atomic E-state index is 0.0549. The SMILES string of the molecule is CCCCCCCOc1ccc(C(=O)Nc2ccc(C)cc2C(=O)O)cn1. The first-order valence-corrected chi connectivity index (χ1v) is 9.25. The molecule has 27 heavy (non-hydrogen) atoms. The summed E-state index contributed by atoms with van der Waals surface area (Å²) < 4.78 is 5.58. The van der Waals surface area contributed by atoms with E-state index < -0.39 is 11.9 Å². The number of aryl methyl sites for hydroxylation is 1. The molecule has 0 spiro atoms. The molecule has 1 amide bonds. The second-order valence-corrected chi connectivity index (χ2v) is 6.46. The van der Waals surface area contributed by atoms with Crippen LogP contribution in [0.5, 0.6) is 5.88 Å². The molecule has 0 radical (unpaired) electrons. The molecule has 1 aromatic heterocycles. The van der Waals surface area contributed by atoms with Crippen molar-refractivity contribution < 1.29 is 19.4 Å². The van der Waals surface area contributed by atoms with Gasteiger partial charge in [-0.25, -0.2) is 9.78 Å². The Kier molecular flexibility index (Phi) is 7.79. The summed E-state index contributed by atoms with van der Waals surface area (Å²) in [6.07, 6.45) is 7.21. The Morgan fingerprint density at radius 2 is 1.89 bits per heavy atom. The van der Waals surface area contributed by atoms with E-state index in [1.54, 1.807) is 31.2 Å². The molecule has 0 aliphatic rings. The largest absolute Gasteiger partial charge is 0.478 e. The van der Waals surface area contributed by atoms with Gasteiger partial charge in [0.05, 0.1) is 23.4 Å². The monoisotopic (exact) mass is 370 g/mol. The summed E-state index contributed by atoms with van der Waals surface area (Å²) in [6.45, 7) is 4.58. The number of ether oxygens (including phenoxy) is 1. The molecule has 0 saturated carbocycles. The Labute approximate surface area is 159 Å². The lowest BCUT2D eigenvalue weighted by atomic mass is 10.1. The highest BCUT2D eigenvalue weighted by atomic mass is 16.5. The topological polar surface area (TPSA) is 88.5 Å². The standard InChI is InChI=1S/C21H26N2O4/c1-3-4-5-6-7-12-27-19-11-9-16(14-22-19)20(24)23-18-10-8-15(2)13-17(18)21(25)26/h8-11,13-14H,3-7,12H2,1-2H3,(H,23,24)(H,25,26). The van der Waals surface area contributed by atoms with E-state index in [0.29, 0.717) is 18.1 Å². The van der Waals surface area contributed by atoms with Crippen molar-refractivity contribution in [3.05, 3.63) is 53.2 Å². The van der Waals surface area contributed by atoms with E-state index >= 15 is 0 Å². The van der Waals surface area contributed by atoms with Crippen LogP contribution in [0, 0.1) is 6.92 Å². The Bertz CT molecular complexity index is 772. The average molecular weight is 370 g/mol. The second kappa shape index (κ2) is 10.3. The fourth-order valence-electron chi connectivity index (χ4n) is 2.62. The minimum Gasteiger partial charge on any atom is -0.478 e. The van der Waals surface area contributed by atoms with Gasteiger partial charge in [-0.2, -0.15) is 0 Å². The van der Waals surface area contributed by atoms with Crippen molar-refractivity contribution in [2.75, 3.05) is 11.9 Å². The molecule has 0 bridgehead atoms. The van der Waals surface area contributed by atoms with Crippen LogP contribution in [0.2, 0.25) is 0 Å². The molecule has 0 unspecified atom stereocenters. The third-order valence-electron chi connectivity index (χ3n) is 4.15. The quantitative estimate of drug-likeness (QED) is 0.592. The predicted molar refractivity (Wildman–Crippen MR) is 105 cm³/mol. The van der Waals surface area contributed by atoms with Crippen molar-refractivity contribution in [3.63, 3.8) is 0 Å². The van der Waals surface area contributed by atoms with E-state index in [1.807, 2.05) is 0 Å². The molecule has 2 aromatic rings. The molecule has 2 rings (SSSR count). The molecule has 0 fully saturated rings. The molecular formula is C21H26N2O4. The van der Waals surface area contributed by atoms with Gasteiger partial charge in [0.2, 0.25) is 5.88 Å². The van der Waals surface area contributed by atoms with Crippen molar-refractivity contribution in [1.29, 1.82) is 0 Å². The maximum absolute atomic E-state index is 12.4. The van der Waals surface area contributed by atoms with Crippen LogP contribution in [0.25, 0.3) is 0 Å². The first-order chi connectivity index (χ1) is 13.0. The van der Waals surface area contributed by atoms with Crippen molar-refractivity contribution in [1.82, 2.24) is 4.98 Å². The molecule has 1 heterocycles. The number of anilines is 1. The molecule has 6 heteroatoms. The number of hydrogen-bond acceptors (Lipinski definition) is 4. The number of benzene rings is 1. The van der Waals surface area contributed by atoms with Gasteiger partial charge < -0.3 is 15.2 Å². The van der Waals surface area contributed by atoms with Crippen LogP contribution >= 0.6 is 0 Å². The van der Waals surface area contributed by atoms with Gasteiger partial charge in [0.25, 0.3) is 5.91 Å². The van der Waals surface area contributed by atoms with E-state index in [1.165, 1.54) is 31.5 Å². The molecule has 144 valence electrons. The first-order valence-electron chi connectivity index (χ1n) is 9.25. The van der Waals surface area contributed by atoms with E-state index in [-0.39, 0.29) is 11.3 Å². The number of rotatable bonds is 10. The summed E-state index contributed by atoms with van der Waals surface area (Å²) >= 11 is 0. The molecule has 6 nitrogen and oxygen atoms in total. The second-order valence-electron chi connectivity index (χ2n) is 6.46. The van der Waals surface area contributed by atoms with Crippen molar-refractivity contribution in [2.24, 2.45) is 0 Å². The van der Waals surface area contributed by atoms with Gasteiger partial charge in [0.1, 0.15) is 0 Å². The minimum atomic E-state index is -1.09. The number of amides is 1. The number of unbranched alkanes of at least 4 members (excludes halogenated alkanes) is 4. The number of hydrogen-bond donors (Lipinski definition) is 2. The zero-order chi connectivity index (χ0) is 19.6. The van der Waals surface area contributed by atoms with Gasteiger partial charge in [-0.1, -0.05) is 44.2 Å². The number of aromatic nitrogens is 1. The highest BCUT2D eigenvalue weighted by Gasteiger charge is 2.14. The van der Waals surface area contributed by atoms with Crippen LogP contribution in [0.15, 0.2) is 36.5 Å². The van der Waals surface area contributed by atoms with Crippen LogP contribution in [-0.2, 0) is 0 Å². The highest BCUT2D eigenvalue weighted by molar-refractivity contribution is 6.07. The Hall–Kier alpha value is -2.89. The van der Waals surface area contributed by atoms with Gasteiger partial charge in [-0.15, -0.1) is 0 Å². The molecule has 0 atom stereocenters. The fraction of sp³-hybridized carbons (Fsp3) is 0.381. The van der Waals surface area contributed by atoms with Crippen LogP contribution in [0.3, 0.4) is 0 Å². The van der Waals surface area contributed by atoms with E-state index in [0.717, 1.165) is 18.4 Å². The Balaban J connectivity index is 1.91. The predicted octanol–water partition coefficient (Wildman–Crippen LogP) is 4.69. The fourth-order valence-corrected chi connectivity index (χ4v) is 2.62. The summed E-state index contributed by atoms with van der Waals surface area (Å²) in [4.78, 5) is 27.8. The molecule has 0 saturated heterocycles. The van der Waals surface area contributed by atoms with Crippen molar-refractivity contribution in [2.45, 2.75) is 46.0 Å². The lowest BCUT2D eigenvalue weighted by molar-refractivity contribution is 0.0698. The number of pyridine rings is 1. The van der Waals surface area contributed by atoms with E-state index in [4.69, 9.17) is 4.74 Å². The number of nitrogens with one attached hydrogen (secondary N) is 1. The number of nitrogens with zero attached hydrogens (tertiary/aromatic N) is 1.